The molecule has 1 amide bonds. The SMILES string of the molecule is O=C(NCc1ccco1)C1(c2ccc(F)cc2)CCOCC1. The van der Waals surface area contributed by atoms with E-state index < -0.39 is 5.41 Å². The number of furan rings is 1. The van der Waals surface area contributed by atoms with E-state index in [4.69, 9.17) is 9.15 Å². The summed E-state index contributed by atoms with van der Waals surface area (Å²) in [4.78, 5) is 12.8. The van der Waals surface area contributed by atoms with Crippen LogP contribution < -0.4 is 5.32 Å². The summed E-state index contributed by atoms with van der Waals surface area (Å²) in [7, 11) is 0. The lowest BCUT2D eigenvalue weighted by Gasteiger charge is -2.36. The third kappa shape index (κ3) is 2.90. The number of carbonyl (C=O) groups is 1. The Morgan fingerprint density at radius 1 is 1.18 bits per heavy atom. The van der Waals surface area contributed by atoms with Crippen molar-refractivity contribution in [1.29, 1.82) is 0 Å². The Bertz CT molecular complexity index is 616. The smallest absolute Gasteiger partial charge is 0.231 e. The zero-order chi connectivity index (χ0) is 15.4. The van der Waals surface area contributed by atoms with E-state index >= 15 is 0 Å². The van der Waals surface area contributed by atoms with Crippen molar-refractivity contribution in [3.05, 3.63) is 59.8 Å². The zero-order valence-corrected chi connectivity index (χ0v) is 12.2. The fourth-order valence-corrected chi connectivity index (χ4v) is 2.89. The highest BCUT2D eigenvalue weighted by Gasteiger charge is 2.41. The topological polar surface area (TPSA) is 51.5 Å². The Hall–Kier alpha value is -2.14. The van der Waals surface area contributed by atoms with Crippen molar-refractivity contribution < 1.29 is 18.3 Å². The maximum atomic E-state index is 13.2. The Kier molecular flexibility index (Phi) is 4.24. The molecule has 0 radical (unpaired) electrons. The zero-order valence-electron chi connectivity index (χ0n) is 12.2. The molecule has 3 rings (SSSR count). The molecule has 0 spiro atoms. The quantitative estimate of drug-likeness (QED) is 0.945. The van der Waals surface area contributed by atoms with Crippen LogP contribution in [0.3, 0.4) is 0 Å². The molecular weight excluding hydrogens is 285 g/mol. The standard InChI is InChI=1S/C17H18FNO3/c18-14-5-3-13(4-6-14)17(7-10-21-11-8-17)16(20)19-12-15-2-1-9-22-15/h1-6,9H,7-8,10-12H2,(H,19,20). The summed E-state index contributed by atoms with van der Waals surface area (Å²) < 4.78 is 23.8. The molecule has 1 N–H and O–H groups in total. The number of hydrogen-bond donors (Lipinski definition) is 1. The van der Waals surface area contributed by atoms with Crippen molar-refractivity contribution in [2.75, 3.05) is 13.2 Å². The van der Waals surface area contributed by atoms with E-state index in [2.05, 4.69) is 5.32 Å². The first-order chi connectivity index (χ1) is 10.7. The summed E-state index contributed by atoms with van der Waals surface area (Å²) in [6, 6.07) is 9.76. The summed E-state index contributed by atoms with van der Waals surface area (Å²) in [5, 5.41) is 2.93. The molecule has 0 unspecified atom stereocenters. The van der Waals surface area contributed by atoms with Crippen molar-refractivity contribution in [2.45, 2.75) is 24.8 Å². The minimum Gasteiger partial charge on any atom is -0.467 e. The van der Waals surface area contributed by atoms with Gasteiger partial charge in [0, 0.05) is 13.2 Å². The third-order valence-corrected chi connectivity index (χ3v) is 4.18. The van der Waals surface area contributed by atoms with Gasteiger partial charge in [-0.2, -0.15) is 0 Å². The normalized spacial score (nSPS) is 17.1. The number of halogens is 1. The second-order valence-electron chi connectivity index (χ2n) is 5.46. The lowest BCUT2D eigenvalue weighted by molar-refractivity contribution is -0.130. The van der Waals surface area contributed by atoms with Crippen molar-refractivity contribution in [2.24, 2.45) is 0 Å². The van der Waals surface area contributed by atoms with Gasteiger partial charge < -0.3 is 14.5 Å². The summed E-state index contributed by atoms with van der Waals surface area (Å²) >= 11 is 0. The molecule has 1 aromatic carbocycles. The first-order valence-electron chi connectivity index (χ1n) is 7.35. The predicted molar refractivity (Wildman–Crippen MR) is 78.7 cm³/mol. The van der Waals surface area contributed by atoms with Gasteiger partial charge in [-0.05, 0) is 42.7 Å². The van der Waals surface area contributed by atoms with Crippen LogP contribution in [0.5, 0.6) is 0 Å². The number of benzene rings is 1. The number of carbonyl (C=O) groups excluding carboxylic acids is 1. The Labute approximate surface area is 128 Å². The van der Waals surface area contributed by atoms with Gasteiger partial charge in [-0.25, -0.2) is 4.39 Å². The van der Waals surface area contributed by atoms with E-state index in [1.807, 2.05) is 6.07 Å². The summed E-state index contributed by atoms with van der Waals surface area (Å²) in [5.74, 6) is 0.329. The molecule has 0 saturated carbocycles. The van der Waals surface area contributed by atoms with Crippen LogP contribution in [0.15, 0.2) is 47.1 Å². The highest BCUT2D eigenvalue weighted by Crippen LogP contribution is 2.35. The number of amides is 1. The Morgan fingerprint density at radius 2 is 1.91 bits per heavy atom. The van der Waals surface area contributed by atoms with Gasteiger partial charge in [0.2, 0.25) is 5.91 Å². The molecule has 0 bridgehead atoms. The van der Waals surface area contributed by atoms with Gasteiger partial charge in [0.05, 0.1) is 18.2 Å². The predicted octanol–water partition coefficient (Wildman–Crippen LogP) is 2.78. The van der Waals surface area contributed by atoms with E-state index in [1.54, 1.807) is 24.5 Å². The van der Waals surface area contributed by atoms with Gasteiger partial charge >= 0.3 is 0 Å². The molecule has 1 fully saturated rings. The Morgan fingerprint density at radius 3 is 2.55 bits per heavy atom. The fraction of sp³-hybridized carbons (Fsp3) is 0.353. The largest absolute Gasteiger partial charge is 0.467 e. The van der Waals surface area contributed by atoms with Gasteiger partial charge in [-0.3, -0.25) is 4.79 Å². The molecule has 2 heterocycles. The molecule has 0 atom stereocenters. The highest BCUT2D eigenvalue weighted by atomic mass is 19.1. The monoisotopic (exact) mass is 303 g/mol. The third-order valence-electron chi connectivity index (χ3n) is 4.18. The highest BCUT2D eigenvalue weighted by molar-refractivity contribution is 5.88. The second kappa shape index (κ2) is 6.32. The van der Waals surface area contributed by atoms with E-state index in [0.29, 0.717) is 38.4 Å². The molecule has 116 valence electrons. The van der Waals surface area contributed by atoms with Crippen LogP contribution in [0.1, 0.15) is 24.2 Å². The number of nitrogens with one attached hydrogen (secondary N) is 1. The van der Waals surface area contributed by atoms with E-state index in [9.17, 15) is 9.18 Å². The molecule has 1 aromatic heterocycles. The van der Waals surface area contributed by atoms with Gasteiger partial charge in [0.1, 0.15) is 11.6 Å². The van der Waals surface area contributed by atoms with Crippen molar-refractivity contribution in [3.63, 3.8) is 0 Å². The van der Waals surface area contributed by atoms with E-state index in [-0.39, 0.29) is 11.7 Å². The van der Waals surface area contributed by atoms with Gasteiger partial charge in [0.15, 0.2) is 0 Å². The van der Waals surface area contributed by atoms with Crippen LogP contribution in [0, 0.1) is 5.82 Å². The van der Waals surface area contributed by atoms with E-state index in [1.165, 1.54) is 12.1 Å². The maximum absolute atomic E-state index is 13.2. The molecule has 2 aromatic rings. The first-order valence-corrected chi connectivity index (χ1v) is 7.35. The van der Waals surface area contributed by atoms with Crippen molar-refractivity contribution in [3.8, 4) is 0 Å². The van der Waals surface area contributed by atoms with Crippen LogP contribution in [0.4, 0.5) is 4.39 Å². The molecule has 22 heavy (non-hydrogen) atoms. The molecule has 1 aliphatic rings. The number of rotatable bonds is 4. The van der Waals surface area contributed by atoms with Crippen LogP contribution in [0.25, 0.3) is 0 Å². The summed E-state index contributed by atoms with van der Waals surface area (Å²) in [6.07, 6.45) is 2.75. The molecule has 4 nitrogen and oxygen atoms in total. The average Bonchev–Trinajstić information content (AvgIpc) is 3.07. The number of ether oxygens (including phenoxy) is 1. The van der Waals surface area contributed by atoms with Gasteiger partial charge in [-0.1, -0.05) is 12.1 Å². The van der Waals surface area contributed by atoms with Gasteiger partial charge in [0.25, 0.3) is 0 Å². The minimum absolute atomic E-state index is 0.0705. The minimum atomic E-state index is -0.668. The summed E-state index contributed by atoms with van der Waals surface area (Å²) in [6.45, 7) is 1.38. The maximum Gasteiger partial charge on any atom is 0.231 e. The summed E-state index contributed by atoms with van der Waals surface area (Å²) in [5.41, 5.74) is 0.160. The van der Waals surface area contributed by atoms with Crippen molar-refractivity contribution >= 4 is 5.91 Å². The van der Waals surface area contributed by atoms with Gasteiger partial charge in [-0.15, -0.1) is 0 Å². The fourth-order valence-electron chi connectivity index (χ4n) is 2.89. The molecule has 5 heteroatoms. The molecular formula is C17H18FNO3. The van der Waals surface area contributed by atoms with Crippen LogP contribution in [-0.4, -0.2) is 19.1 Å². The van der Waals surface area contributed by atoms with Crippen LogP contribution >= 0.6 is 0 Å². The van der Waals surface area contributed by atoms with Crippen molar-refractivity contribution in [1.82, 2.24) is 5.32 Å². The Balaban J connectivity index is 1.81. The number of hydrogen-bond acceptors (Lipinski definition) is 3. The lowest BCUT2D eigenvalue weighted by atomic mass is 9.73. The molecule has 1 saturated heterocycles. The molecule has 1 aliphatic heterocycles. The van der Waals surface area contributed by atoms with Crippen LogP contribution in [0.2, 0.25) is 0 Å². The van der Waals surface area contributed by atoms with Crippen LogP contribution in [-0.2, 0) is 21.5 Å². The average molecular weight is 303 g/mol. The lowest BCUT2D eigenvalue weighted by Crippen LogP contribution is -2.47. The van der Waals surface area contributed by atoms with E-state index in [0.717, 1.165) is 5.56 Å². The first kappa shape index (κ1) is 14.8. The molecule has 0 aliphatic carbocycles. The second-order valence-corrected chi connectivity index (χ2v) is 5.46.